The predicted octanol–water partition coefficient (Wildman–Crippen LogP) is 4.03. The van der Waals surface area contributed by atoms with Crippen molar-refractivity contribution in [3.63, 3.8) is 0 Å². The lowest BCUT2D eigenvalue weighted by Gasteiger charge is -2.26. The van der Waals surface area contributed by atoms with E-state index in [1.54, 1.807) is 0 Å². The average molecular weight is 472 g/mol. The van der Waals surface area contributed by atoms with Crippen LogP contribution in [0.15, 0.2) is 59.4 Å². The maximum Gasteiger partial charge on any atom is 0.258 e. The van der Waals surface area contributed by atoms with E-state index in [0.717, 1.165) is 40.9 Å². The number of carbonyl (C=O) groups excluding carboxylic acids is 1. The van der Waals surface area contributed by atoms with Crippen LogP contribution in [0.1, 0.15) is 11.1 Å². The SMILES string of the molecule is CN(C)CCNC(=O)Cc1cc(-c2ccccc2)c(=O)n2c1-c1cc(Cl)ccc1CC2.Cl. The number of hydrogen-bond acceptors (Lipinski definition) is 3. The number of amides is 1. The fourth-order valence-electron chi connectivity index (χ4n) is 4.09. The second kappa shape index (κ2) is 10.3. The van der Waals surface area contributed by atoms with Crippen molar-refractivity contribution in [2.45, 2.75) is 19.4 Å². The first kappa shape index (κ1) is 24.1. The van der Waals surface area contributed by atoms with Gasteiger partial charge in [0.1, 0.15) is 0 Å². The molecule has 32 heavy (non-hydrogen) atoms. The van der Waals surface area contributed by atoms with Crippen LogP contribution < -0.4 is 10.9 Å². The number of benzene rings is 2. The number of halogens is 2. The predicted molar refractivity (Wildman–Crippen MR) is 133 cm³/mol. The molecule has 4 rings (SSSR count). The number of nitrogens with one attached hydrogen (secondary N) is 1. The van der Waals surface area contributed by atoms with E-state index in [1.807, 2.05) is 78.2 Å². The van der Waals surface area contributed by atoms with Crippen molar-refractivity contribution >= 4 is 29.9 Å². The fraction of sp³-hybridized carbons (Fsp3) is 0.280. The van der Waals surface area contributed by atoms with E-state index >= 15 is 0 Å². The Balaban J connectivity index is 0.00000289. The number of rotatable bonds is 6. The minimum absolute atomic E-state index is 0. The molecule has 0 saturated heterocycles. The molecular weight excluding hydrogens is 445 g/mol. The van der Waals surface area contributed by atoms with E-state index in [1.165, 1.54) is 0 Å². The molecule has 0 spiro atoms. The summed E-state index contributed by atoms with van der Waals surface area (Å²) in [5.74, 6) is -0.0588. The van der Waals surface area contributed by atoms with Crippen molar-refractivity contribution in [2.75, 3.05) is 27.2 Å². The van der Waals surface area contributed by atoms with Crippen LogP contribution in [0.4, 0.5) is 0 Å². The van der Waals surface area contributed by atoms with Crippen LogP contribution in [0.5, 0.6) is 0 Å². The Morgan fingerprint density at radius 3 is 2.56 bits per heavy atom. The van der Waals surface area contributed by atoms with Crippen LogP contribution in [0.3, 0.4) is 0 Å². The molecule has 1 amide bonds. The molecule has 1 N–H and O–H groups in total. The molecule has 3 aromatic rings. The molecule has 1 aromatic heterocycles. The normalized spacial score (nSPS) is 12.0. The molecule has 0 fully saturated rings. The average Bonchev–Trinajstić information content (AvgIpc) is 2.75. The molecule has 0 radical (unpaired) electrons. The number of hydrogen-bond donors (Lipinski definition) is 1. The number of nitrogens with zero attached hydrogens (tertiary/aromatic N) is 2. The molecule has 0 unspecified atom stereocenters. The van der Waals surface area contributed by atoms with Crippen molar-refractivity contribution in [3.05, 3.63) is 81.1 Å². The molecular formula is C25H27Cl2N3O2. The van der Waals surface area contributed by atoms with Gasteiger partial charge in [0.05, 0.1) is 12.1 Å². The first-order chi connectivity index (χ1) is 14.9. The van der Waals surface area contributed by atoms with Crippen LogP contribution in [-0.2, 0) is 24.2 Å². The molecule has 1 aliphatic rings. The van der Waals surface area contributed by atoms with Crippen molar-refractivity contribution in [1.29, 1.82) is 0 Å². The third-order valence-corrected chi connectivity index (χ3v) is 5.85. The van der Waals surface area contributed by atoms with Gasteiger partial charge in [-0.2, -0.15) is 0 Å². The fourth-order valence-corrected chi connectivity index (χ4v) is 4.26. The number of carbonyl (C=O) groups is 1. The zero-order chi connectivity index (χ0) is 22.0. The Morgan fingerprint density at radius 2 is 1.84 bits per heavy atom. The van der Waals surface area contributed by atoms with Gasteiger partial charge in [0.25, 0.3) is 5.56 Å². The number of likely N-dealkylation sites (N-methyl/N-ethyl adjacent to an activating group) is 1. The maximum absolute atomic E-state index is 13.4. The smallest absolute Gasteiger partial charge is 0.258 e. The molecule has 0 bridgehead atoms. The van der Waals surface area contributed by atoms with Crippen LogP contribution in [0, 0.1) is 0 Å². The number of fused-ring (bicyclic) bond motifs is 3. The highest BCUT2D eigenvalue weighted by atomic mass is 35.5. The topological polar surface area (TPSA) is 54.3 Å². The van der Waals surface area contributed by atoms with Crippen LogP contribution >= 0.6 is 24.0 Å². The van der Waals surface area contributed by atoms with Gasteiger partial charge in [0, 0.05) is 35.8 Å². The zero-order valence-corrected chi connectivity index (χ0v) is 19.8. The molecule has 5 nitrogen and oxygen atoms in total. The zero-order valence-electron chi connectivity index (χ0n) is 18.2. The summed E-state index contributed by atoms with van der Waals surface area (Å²) in [7, 11) is 3.94. The summed E-state index contributed by atoms with van der Waals surface area (Å²) in [4.78, 5) is 28.2. The first-order valence-corrected chi connectivity index (χ1v) is 10.8. The van der Waals surface area contributed by atoms with Gasteiger partial charge < -0.3 is 14.8 Å². The van der Waals surface area contributed by atoms with Gasteiger partial charge in [-0.3, -0.25) is 9.59 Å². The van der Waals surface area contributed by atoms with E-state index in [4.69, 9.17) is 11.6 Å². The third-order valence-electron chi connectivity index (χ3n) is 5.62. The van der Waals surface area contributed by atoms with Gasteiger partial charge in [-0.1, -0.05) is 48.0 Å². The quantitative estimate of drug-likeness (QED) is 0.590. The Morgan fingerprint density at radius 1 is 1.09 bits per heavy atom. The van der Waals surface area contributed by atoms with Crippen molar-refractivity contribution < 1.29 is 4.79 Å². The molecule has 0 atom stereocenters. The number of aryl methyl sites for hydroxylation is 1. The van der Waals surface area contributed by atoms with Gasteiger partial charge >= 0.3 is 0 Å². The van der Waals surface area contributed by atoms with E-state index < -0.39 is 0 Å². The molecule has 2 aromatic carbocycles. The summed E-state index contributed by atoms with van der Waals surface area (Å²) >= 11 is 6.30. The Labute approximate surface area is 199 Å². The van der Waals surface area contributed by atoms with Crippen molar-refractivity contribution in [3.8, 4) is 22.4 Å². The summed E-state index contributed by atoms with van der Waals surface area (Å²) in [6.45, 7) is 1.93. The van der Waals surface area contributed by atoms with E-state index in [-0.39, 0.29) is 30.3 Å². The van der Waals surface area contributed by atoms with E-state index in [0.29, 0.717) is 23.7 Å². The van der Waals surface area contributed by atoms with Crippen LogP contribution in [-0.4, -0.2) is 42.6 Å². The standard InChI is InChI=1S/C25H26ClN3O2.ClH/c1-28(2)13-11-27-23(30)15-19-14-22(17-6-4-3-5-7-17)25(31)29-12-10-18-8-9-20(26)16-21(18)24(19)29;/h3-9,14,16H,10-13,15H2,1-2H3,(H,27,30);1H. The highest BCUT2D eigenvalue weighted by molar-refractivity contribution is 6.30. The Hall–Kier alpha value is -2.60. The molecule has 0 aliphatic carbocycles. The molecule has 7 heteroatoms. The van der Waals surface area contributed by atoms with E-state index in [9.17, 15) is 9.59 Å². The summed E-state index contributed by atoms with van der Waals surface area (Å²) in [5, 5.41) is 3.60. The second-order valence-electron chi connectivity index (χ2n) is 8.14. The maximum atomic E-state index is 13.4. The minimum Gasteiger partial charge on any atom is -0.355 e. The summed E-state index contributed by atoms with van der Waals surface area (Å²) in [6.07, 6.45) is 0.959. The molecule has 2 heterocycles. The lowest BCUT2D eigenvalue weighted by atomic mass is 9.91. The third kappa shape index (κ3) is 5.07. The van der Waals surface area contributed by atoms with Crippen molar-refractivity contribution in [2.24, 2.45) is 0 Å². The Kier molecular flexibility index (Phi) is 7.77. The molecule has 0 saturated carbocycles. The largest absolute Gasteiger partial charge is 0.355 e. The van der Waals surface area contributed by atoms with Gasteiger partial charge in [-0.15, -0.1) is 12.4 Å². The van der Waals surface area contributed by atoms with Gasteiger partial charge in [-0.25, -0.2) is 0 Å². The molecule has 1 aliphatic heterocycles. The van der Waals surface area contributed by atoms with Gasteiger partial charge in [0.15, 0.2) is 0 Å². The lowest BCUT2D eigenvalue weighted by Crippen LogP contribution is -2.34. The highest BCUT2D eigenvalue weighted by Crippen LogP contribution is 2.35. The second-order valence-corrected chi connectivity index (χ2v) is 8.57. The summed E-state index contributed by atoms with van der Waals surface area (Å²) < 4.78 is 1.81. The van der Waals surface area contributed by atoms with Gasteiger partial charge in [-0.05, 0) is 55.4 Å². The summed E-state index contributed by atoms with van der Waals surface area (Å²) in [6, 6.07) is 17.3. The number of pyridine rings is 1. The molecule has 168 valence electrons. The number of aromatic nitrogens is 1. The van der Waals surface area contributed by atoms with Crippen LogP contribution in [0.2, 0.25) is 5.02 Å². The van der Waals surface area contributed by atoms with Crippen LogP contribution in [0.25, 0.3) is 22.4 Å². The lowest BCUT2D eigenvalue weighted by molar-refractivity contribution is -0.120. The minimum atomic E-state index is -0.0588. The highest BCUT2D eigenvalue weighted by Gasteiger charge is 2.24. The first-order valence-electron chi connectivity index (χ1n) is 10.5. The van der Waals surface area contributed by atoms with E-state index in [2.05, 4.69) is 5.32 Å². The van der Waals surface area contributed by atoms with Gasteiger partial charge in [0.2, 0.25) is 5.91 Å². The summed E-state index contributed by atoms with van der Waals surface area (Å²) in [5.41, 5.74) is 5.15. The monoisotopic (exact) mass is 471 g/mol. The van der Waals surface area contributed by atoms with Crippen molar-refractivity contribution in [1.82, 2.24) is 14.8 Å². The Bertz CT molecular complexity index is 1170.